The standard InChI is InChI=1S/C14H26N4S.HI/c1-5-7-8-9-16-14(15-6-2)17-10-13-18-11(3)12(4)19-13;/h5-10H2,1-4H3,(H2,15,16,17);1H. The van der Waals surface area contributed by atoms with Crippen molar-refractivity contribution in [3.05, 3.63) is 15.6 Å². The molecule has 2 N–H and O–H groups in total. The number of aryl methyl sites for hydroxylation is 2. The topological polar surface area (TPSA) is 49.3 Å². The van der Waals surface area contributed by atoms with E-state index in [1.807, 2.05) is 6.92 Å². The Hall–Kier alpha value is -0.370. The Labute approximate surface area is 143 Å². The third kappa shape index (κ3) is 7.42. The van der Waals surface area contributed by atoms with Crippen molar-refractivity contribution >= 4 is 41.3 Å². The number of aliphatic imine (C=N–C) groups is 1. The summed E-state index contributed by atoms with van der Waals surface area (Å²) in [6.07, 6.45) is 3.70. The van der Waals surface area contributed by atoms with Crippen LogP contribution in [-0.4, -0.2) is 24.0 Å². The minimum Gasteiger partial charge on any atom is -0.357 e. The summed E-state index contributed by atoms with van der Waals surface area (Å²) >= 11 is 1.73. The van der Waals surface area contributed by atoms with Crippen molar-refractivity contribution in [2.24, 2.45) is 4.99 Å². The Morgan fingerprint density at radius 3 is 2.50 bits per heavy atom. The van der Waals surface area contributed by atoms with Crippen LogP contribution in [0.25, 0.3) is 0 Å². The van der Waals surface area contributed by atoms with E-state index in [-0.39, 0.29) is 24.0 Å². The van der Waals surface area contributed by atoms with Gasteiger partial charge >= 0.3 is 0 Å². The van der Waals surface area contributed by atoms with E-state index in [1.165, 1.54) is 24.1 Å². The van der Waals surface area contributed by atoms with Crippen LogP contribution in [0.15, 0.2) is 4.99 Å². The molecule has 0 atom stereocenters. The zero-order chi connectivity index (χ0) is 14.1. The maximum Gasteiger partial charge on any atom is 0.191 e. The summed E-state index contributed by atoms with van der Waals surface area (Å²) in [4.78, 5) is 10.4. The number of halogens is 1. The van der Waals surface area contributed by atoms with Crippen LogP contribution < -0.4 is 10.6 Å². The van der Waals surface area contributed by atoms with Gasteiger partial charge < -0.3 is 10.6 Å². The van der Waals surface area contributed by atoms with Gasteiger partial charge in [-0.25, -0.2) is 9.98 Å². The zero-order valence-electron chi connectivity index (χ0n) is 13.0. The lowest BCUT2D eigenvalue weighted by Gasteiger charge is -2.10. The summed E-state index contributed by atoms with van der Waals surface area (Å²) in [5.41, 5.74) is 1.12. The Morgan fingerprint density at radius 1 is 1.20 bits per heavy atom. The van der Waals surface area contributed by atoms with Crippen LogP contribution >= 0.6 is 35.3 Å². The van der Waals surface area contributed by atoms with Crippen LogP contribution in [0.3, 0.4) is 0 Å². The van der Waals surface area contributed by atoms with Gasteiger partial charge in [0.25, 0.3) is 0 Å². The molecule has 1 heterocycles. The lowest BCUT2D eigenvalue weighted by atomic mass is 10.2. The highest BCUT2D eigenvalue weighted by atomic mass is 127. The second-order valence-corrected chi connectivity index (χ2v) is 5.87. The monoisotopic (exact) mass is 410 g/mol. The molecule has 1 aromatic heterocycles. The average molecular weight is 410 g/mol. The van der Waals surface area contributed by atoms with Gasteiger partial charge in [0.2, 0.25) is 0 Å². The summed E-state index contributed by atoms with van der Waals surface area (Å²) in [5, 5.41) is 7.71. The molecule has 0 amide bonds. The van der Waals surface area contributed by atoms with Gasteiger partial charge in [-0.3, -0.25) is 0 Å². The summed E-state index contributed by atoms with van der Waals surface area (Å²) < 4.78 is 0. The molecule has 1 rings (SSSR count). The predicted molar refractivity (Wildman–Crippen MR) is 99.3 cm³/mol. The minimum atomic E-state index is 0. The van der Waals surface area contributed by atoms with E-state index < -0.39 is 0 Å². The van der Waals surface area contributed by atoms with Gasteiger partial charge in [-0.15, -0.1) is 35.3 Å². The fourth-order valence-electron chi connectivity index (χ4n) is 1.68. The van der Waals surface area contributed by atoms with Crippen molar-refractivity contribution in [3.63, 3.8) is 0 Å². The first-order chi connectivity index (χ1) is 9.17. The maximum atomic E-state index is 4.58. The molecule has 0 saturated heterocycles. The Balaban J connectivity index is 0.00000361. The number of hydrogen-bond donors (Lipinski definition) is 2. The first kappa shape index (κ1) is 19.6. The van der Waals surface area contributed by atoms with E-state index in [1.54, 1.807) is 11.3 Å². The van der Waals surface area contributed by atoms with Crippen LogP contribution in [0.5, 0.6) is 0 Å². The van der Waals surface area contributed by atoms with Gasteiger partial charge in [0, 0.05) is 18.0 Å². The fourth-order valence-corrected chi connectivity index (χ4v) is 2.54. The number of hydrogen-bond acceptors (Lipinski definition) is 3. The quantitative estimate of drug-likeness (QED) is 0.313. The largest absolute Gasteiger partial charge is 0.357 e. The van der Waals surface area contributed by atoms with E-state index in [0.717, 1.165) is 29.8 Å². The van der Waals surface area contributed by atoms with Gasteiger partial charge in [0.15, 0.2) is 5.96 Å². The van der Waals surface area contributed by atoms with Crippen molar-refractivity contribution in [2.45, 2.75) is 53.5 Å². The number of guanidine groups is 1. The van der Waals surface area contributed by atoms with Crippen LogP contribution in [-0.2, 0) is 6.54 Å². The van der Waals surface area contributed by atoms with E-state index in [2.05, 4.69) is 41.4 Å². The van der Waals surface area contributed by atoms with Crippen molar-refractivity contribution < 1.29 is 0 Å². The smallest absolute Gasteiger partial charge is 0.191 e. The third-order valence-electron chi connectivity index (χ3n) is 2.86. The van der Waals surface area contributed by atoms with Crippen molar-refractivity contribution in [1.29, 1.82) is 0 Å². The predicted octanol–water partition coefficient (Wildman–Crippen LogP) is 3.62. The fraction of sp³-hybridized carbons (Fsp3) is 0.714. The highest BCUT2D eigenvalue weighted by Gasteiger charge is 2.03. The second-order valence-electron chi connectivity index (χ2n) is 4.58. The van der Waals surface area contributed by atoms with Crippen molar-refractivity contribution in [1.82, 2.24) is 15.6 Å². The lowest BCUT2D eigenvalue weighted by molar-refractivity contribution is 0.683. The molecule has 0 aliphatic rings. The highest BCUT2D eigenvalue weighted by Crippen LogP contribution is 2.16. The maximum absolute atomic E-state index is 4.58. The van der Waals surface area contributed by atoms with Crippen LogP contribution in [0.2, 0.25) is 0 Å². The molecular formula is C14H27IN4S. The second kappa shape index (κ2) is 11.3. The number of unbranched alkanes of at least 4 members (excludes halogenated alkanes) is 2. The summed E-state index contributed by atoms with van der Waals surface area (Å²) in [7, 11) is 0. The van der Waals surface area contributed by atoms with Gasteiger partial charge in [-0.1, -0.05) is 19.8 Å². The molecule has 0 fully saturated rings. The normalized spacial score (nSPS) is 11.1. The number of aromatic nitrogens is 1. The molecule has 4 nitrogen and oxygen atoms in total. The van der Waals surface area contributed by atoms with E-state index in [9.17, 15) is 0 Å². The Kier molecular flexibility index (Phi) is 11.1. The number of thiazole rings is 1. The zero-order valence-corrected chi connectivity index (χ0v) is 16.1. The SMILES string of the molecule is CCCCCNC(=NCc1nc(C)c(C)s1)NCC.I. The third-order valence-corrected chi connectivity index (χ3v) is 3.92. The van der Waals surface area contributed by atoms with Gasteiger partial charge in [-0.05, 0) is 27.2 Å². The van der Waals surface area contributed by atoms with E-state index >= 15 is 0 Å². The molecule has 1 aromatic rings. The van der Waals surface area contributed by atoms with Gasteiger partial charge in [-0.2, -0.15) is 0 Å². The lowest BCUT2D eigenvalue weighted by Crippen LogP contribution is -2.37. The van der Waals surface area contributed by atoms with Gasteiger partial charge in [0.05, 0.1) is 12.2 Å². The molecular weight excluding hydrogens is 383 g/mol. The molecule has 0 aliphatic heterocycles. The first-order valence-corrected chi connectivity index (χ1v) is 7.94. The first-order valence-electron chi connectivity index (χ1n) is 7.12. The Bertz CT molecular complexity index is 384. The van der Waals surface area contributed by atoms with Crippen LogP contribution in [0.1, 0.15) is 48.7 Å². The average Bonchev–Trinajstić information content (AvgIpc) is 2.71. The molecule has 6 heteroatoms. The number of nitrogens with zero attached hydrogens (tertiary/aromatic N) is 2. The van der Waals surface area contributed by atoms with Gasteiger partial charge in [0.1, 0.15) is 5.01 Å². The molecule has 0 saturated carbocycles. The minimum absolute atomic E-state index is 0. The number of nitrogens with one attached hydrogen (secondary N) is 2. The molecule has 0 bridgehead atoms. The summed E-state index contributed by atoms with van der Waals surface area (Å²) in [6.45, 7) is 11.0. The van der Waals surface area contributed by atoms with Crippen LogP contribution in [0, 0.1) is 13.8 Å². The van der Waals surface area contributed by atoms with Crippen molar-refractivity contribution in [2.75, 3.05) is 13.1 Å². The molecule has 0 spiro atoms. The summed E-state index contributed by atoms with van der Waals surface area (Å²) in [6, 6.07) is 0. The Morgan fingerprint density at radius 2 is 1.95 bits per heavy atom. The molecule has 0 unspecified atom stereocenters. The number of rotatable bonds is 7. The van der Waals surface area contributed by atoms with E-state index in [0.29, 0.717) is 6.54 Å². The molecule has 116 valence electrons. The van der Waals surface area contributed by atoms with Crippen LogP contribution in [0.4, 0.5) is 0 Å². The molecule has 0 aromatic carbocycles. The molecule has 20 heavy (non-hydrogen) atoms. The highest BCUT2D eigenvalue weighted by molar-refractivity contribution is 14.0. The molecule has 0 aliphatic carbocycles. The molecule has 0 radical (unpaired) electrons. The van der Waals surface area contributed by atoms with Crippen molar-refractivity contribution in [3.8, 4) is 0 Å². The van der Waals surface area contributed by atoms with E-state index in [4.69, 9.17) is 0 Å². The summed E-state index contributed by atoms with van der Waals surface area (Å²) in [5.74, 6) is 0.893.